The molecule has 53 heavy (non-hydrogen) atoms. The van der Waals surface area contributed by atoms with Gasteiger partial charge in [-0.15, -0.1) is 0 Å². The third-order valence-corrected chi connectivity index (χ3v) is 10.9. The molecule has 0 aromatic heterocycles. The Hall–Kier alpha value is -6.03. The summed E-state index contributed by atoms with van der Waals surface area (Å²) in [7, 11) is 5.20. The molecule has 2 amide bonds. The number of benzene rings is 4. The number of fused-ring (bicyclic) bond motifs is 7. The van der Waals surface area contributed by atoms with Crippen molar-refractivity contribution in [1.29, 1.82) is 0 Å². The van der Waals surface area contributed by atoms with Gasteiger partial charge in [-0.1, -0.05) is 42.5 Å². The lowest BCUT2D eigenvalue weighted by Crippen LogP contribution is -2.39. The monoisotopic (exact) mass is 708 g/mol. The van der Waals surface area contributed by atoms with Crippen molar-refractivity contribution in [2.24, 2.45) is 4.99 Å². The lowest BCUT2D eigenvalue weighted by molar-refractivity contribution is 0.0782. The maximum Gasteiger partial charge on any atom is 0.261 e. The van der Waals surface area contributed by atoms with E-state index < -0.39 is 0 Å². The number of hydrogen-bond acceptors (Lipinski definition) is 8. The van der Waals surface area contributed by atoms with Crippen molar-refractivity contribution < 1.29 is 28.5 Å². The Kier molecular flexibility index (Phi) is 8.17. The molecule has 1 aliphatic carbocycles. The molecule has 0 unspecified atom stereocenters. The van der Waals surface area contributed by atoms with Gasteiger partial charge in [0.25, 0.3) is 11.8 Å². The number of methoxy groups -OCH3 is 2. The largest absolute Gasteiger partial charge is 0.493 e. The van der Waals surface area contributed by atoms with Crippen LogP contribution in [0.15, 0.2) is 101 Å². The van der Waals surface area contributed by atoms with Crippen molar-refractivity contribution in [3.63, 3.8) is 0 Å². The molecule has 4 aliphatic heterocycles. The summed E-state index contributed by atoms with van der Waals surface area (Å²) in [5.41, 5.74) is 8.83. The zero-order chi connectivity index (χ0) is 36.2. The first-order valence-corrected chi connectivity index (χ1v) is 18.1. The topological polar surface area (TPSA) is 93.1 Å². The fourth-order valence-electron chi connectivity index (χ4n) is 8.32. The standard InChI is InChI=1S/C43H40N4O6/c1-45-23-31-17-29-12-5-7-14-36(29)47(31)43(49)33-19-39(51-3)41(21-37(33)45)53-25-27-10-8-9-26(15-27)24-52-40-20-34-32(18-38(40)50-2)42(48)46-30(22-44-34)16-28-11-4-6-13-35(28)46/h4,6-11,13-15,18-22,30-31H,5,12,16-17,23-25H2,1-3H3/t30-,31-/m0/s1. The molecule has 0 saturated carbocycles. The Balaban J connectivity index is 0.910. The van der Waals surface area contributed by atoms with Crippen LogP contribution in [-0.2, 0) is 19.6 Å². The van der Waals surface area contributed by atoms with E-state index in [9.17, 15) is 9.59 Å². The number of rotatable bonds is 8. The Morgan fingerprint density at radius 3 is 2.25 bits per heavy atom. The van der Waals surface area contributed by atoms with Gasteiger partial charge in [-0.3, -0.25) is 19.5 Å². The number of amides is 2. The lowest BCUT2D eigenvalue weighted by Gasteiger charge is -2.26. The van der Waals surface area contributed by atoms with Crippen LogP contribution in [0.4, 0.5) is 17.1 Å². The molecule has 4 heterocycles. The van der Waals surface area contributed by atoms with Crippen molar-refractivity contribution in [2.45, 2.75) is 51.0 Å². The van der Waals surface area contributed by atoms with Gasteiger partial charge in [-0.05, 0) is 71.9 Å². The van der Waals surface area contributed by atoms with E-state index in [0.717, 1.165) is 66.0 Å². The molecule has 4 aromatic rings. The van der Waals surface area contributed by atoms with E-state index in [2.05, 4.69) is 23.1 Å². The quantitative estimate of drug-likeness (QED) is 0.188. The number of hydrogen-bond donors (Lipinski definition) is 0. The second-order valence-electron chi connectivity index (χ2n) is 14.1. The van der Waals surface area contributed by atoms with Gasteiger partial charge in [0.1, 0.15) is 13.2 Å². The average Bonchev–Trinajstić information content (AvgIpc) is 3.68. The number of carbonyl (C=O) groups excluding carboxylic acids is 2. The van der Waals surface area contributed by atoms with Crippen LogP contribution in [0.1, 0.15) is 56.7 Å². The molecule has 10 nitrogen and oxygen atoms in total. The van der Waals surface area contributed by atoms with Crippen LogP contribution >= 0.6 is 0 Å². The third kappa shape index (κ3) is 5.69. The van der Waals surface area contributed by atoms with Crippen LogP contribution in [0, 0.1) is 0 Å². The van der Waals surface area contributed by atoms with Crippen LogP contribution in [-0.4, -0.2) is 62.8 Å². The molecule has 9 rings (SSSR count). The van der Waals surface area contributed by atoms with Crippen molar-refractivity contribution in [3.8, 4) is 23.0 Å². The van der Waals surface area contributed by atoms with Crippen molar-refractivity contribution in [2.75, 3.05) is 37.6 Å². The Morgan fingerprint density at radius 1 is 0.755 bits per heavy atom. The lowest BCUT2D eigenvalue weighted by atomic mass is 10.0. The fourth-order valence-corrected chi connectivity index (χ4v) is 8.32. The van der Waals surface area contributed by atoms with Gasteiger partial charge in [0.2, 0.25) is 0 Å². The Bertz CT molecular complexity index is 2260. The molecule has 5 aliphatic rings. The van der Waals surface area contributed by atoms with Gasteiger partial charge < -0.3 is 28.7 Å². The number of ether oxygens (including phenoxy) is 4. The minimum Gasteiger partial charge on any atom is -0.493 e. The van der Waals surface area contributed by atoms with Crippen LogP contribution in [0.25, 0.3) is 0 Å². The van der Waals surface area contributed by atoms with E-state index in [0.29, 0.717) is 39.8 Å². The maximum absolute atomic E-state index is 14.0. The number of carbonyl (C=O) groups is 2. The maximum atomic E-state index is 14.0. The normalized spacial score (nSPS) is 19.5. The molecular formula is C43H40N4O6. The number of aliphatic imine (C=N–C) groups is 1. The van der Waals surface area contributed by atoms with E-state index in [1.54, 1.807) is 26.4 Å². The number of anilines is 2. The predicted molar refractivity (Wildman–Crippen MR) is 203 cm³/mol. The first kappa shape index (κ1) is 32.8. The highest BCUT2D eigenvalue weighted by Gasteiger charge is 2.41. The van der Waals surface area contributed by atoms with Crippen LogP contribution in [0.3, 0.4) is 0 Å². The molecule has 4 aromatic carbocycles. The molecule has 0 radical (unpaired) electrons. The first-order chi connectivity index (χ1) is 25.9. The van der Waals surface area contributed by atoms with Gasteiger partial charge in [0.05, 0.1) is 48.8 Å². The summed E-state index contributed by atoms with van der Waals surface area (Å²) in [5.74, 6) is 1.94. The molecule has 0 spiro atoms. The zero-order valence-corrected chi connectivity index (χ0v) is 30.0. The summed E-state index contributed by atoms with van der Waals surface area (Å²) in [6, 6.07) is 23.2. The van der Waals surface area contributed by atoms with E-state index in [1.807, 2.05) is 77.7 Å². The van der Waals surface area contributed by atoms with Crippen LogP contribution in [0.5, 0.6) is 23.0 Å². The molecule has 0 N–H and O–H groups in total. The summed E-state index contributed by atoms with van der Waals surface area (Å²) in [6.45, 7) is 1.29. The summed E-state index contributed by atoms with van der Waals surface area (Å²) < 4.78 is 24.1. The number of para-hydroxylation sites is 1. The smallest absolute Gasteiger partial charge is 0.261 e. The molecule has 0 bridgehead atoms. The van der Waals surface area contributed by atoms with Crippen LogP contribution < -0.4 is 28.7 Å². The fraction of sp³-hybridized carbons (Fsp3) is 0.279. The van der Waals surface area contributed by atoms with E-state index in [1.165, 1.54) is 5.57 Å². The predicted octanol–water partition coefficient (Wildman–Crippen LogP) is 7.42. The number of allylic oxidation sites excluding steroid dienone is 2. The third-order valence-electron chi connectivity index (χ3n) is 10.9. The Labute approximate surface area is 308 Å². The molecule has 268 valence electrons. The highest BCUT2D eigenvalue weighted by molar-refractivity contribution is 6.14. The van der Waals surface area contributed by atoms with Crippen molar-refractivity contribution in [1.82, 2.24) is 4.90 Å². The van der Waals surface area contributed by atoms with E-state index >= 15 is 0 Å². The SMILES string of the molecule is COc1cc2c(cc1OCc1cccc(COc3cc4c(cc3OC)C(=O)N3C5=C(CCC=C5)C[C@H]3CN4C)c1)N=C[C@@H]1Cc3ccccc3N1C2=O. The van der Waals surface area contributed by atoms with Gasteiger partial charge in [0.15, 0.2) is 23.0 Å². The van der Waals surface area contributed by atoms with E-state index in [-0.39, 0.29) is 37.1 Å². The second-order valence-corrected chi connectivity index (χ2v) is 14.1. The summed E-state index contributed by atoms with van der Waals surface area (Å²) in [6.07, 6.45) is 9.80. The highest BCUT2D eigenvalue weighted by atomic mass is 16.5. The van der Waals surface area contributed by atoms with Gasteiger partial charge in [-0.2, -0.15) is 0 Å². The summed E-state index contributed by atoms with van der Waals surface area (Å²) >= 11 is 0. The summed E-state index contributed by atoms with van der Waals surface area (Å²) in [4.78, 5) is 38.5. The van der Waals surface area contributed by atoms with E-state index in [4.69, 9.17) is 23.9 Å². The highest BCUT2D eigenvalue weighted by Crippen LogP contribution is 2.44. The van der Waals surface area contributed by atoms with Crippen molar-refractivity contribution in [3.05, 3.63) is 124 Å². The van der Waals surface area contributed by atoms with Crippen LogP contribution in [0.2, 0.25) is 0 Å². The van der Waals surface area contributed by atoms with Gasteiger partial charge in [-0.25, -0.2) is 0 Å². The Morgan fingerprint density at radius 2 is 1.47 bits per heavy atom. The number of likely N-dealkylation sites (N-methyl/N-ethyl adjacent to an activating group) is 1. The molecule has 0 saturated heterocycles. The van der Waals surface area contributed by atoms with Gasteiger partial charge in [0, 0.05) is 49.7 Å². The minimum absolute atomic E-state index is 0.000854. The van der Waals surface area contributed by atoms with Gasteiger partial charge >= 0.3 is 0 Å². The molecule has 2 atom stereocenters. The zero-order valence-electron chi connectivity index (χ0n) is 30.0. The average molecular weight is 709 g/mol. The second kappa shape index (κ2) is 13.2. The first-order valence-electron chi connectivity index (χ1n) is 18.1. The molecule has 0 fully saturated rings. The minimum atomic E-state index is -0.139. The van der Waals surface area contributed by atoms with Crippen molar-refractivity contribution >= 4 is 35.1 Å². The summed E-state index contributed by atoms with van der Waals surface area (Å²) in [5, 5.41) is 0. The number of nitrogens with zero attached hydrogens (tertiary/aromatic N) is 4. The molecular weight excluding hydrogens is 668 g/mol. The molecule has 10 heteroatoms.